The smallest absolute Gasteiger partial charge is 0.329 e. The number of nitrogens with zero attached hydrogens (tertiary/aromatic N) is 2. The minimum Gasteiger partial charge on any atom is -0.458 e. The van der Waals surface area contributed by atoms with Crippen LogP contribution in [0.4, 0.5) is 4.39 Å². The number of aliphatic imine (C=N–C) groups is 1. The summed E-state index contributed by atoms with van der Waals surface area (Å²) < 4.78 is 21.8. The molecule has 43 heavy (non-hydrogen) atoms. The van der Waals surface area contributed by atoms with Crippen LogP contribution in [-0.4, -0.2) is 59.8 Å². The molecule has 0 spiro atoms. The monoisotopic (exact) mass is 611 g/mol. The lowest BCUT2D eigenvalue weighted by molar-refractivity contribution is -0.159. The van der Waals surface area contributed by atoms with Gasteiger partial charge in [-0.05, 0) is 50.3 Å². The molecule has 2 aliphatic heterocycles. The molecule has 2 aliphatic rings. The normalized spacial score (nSPS) is 21.0. The zero-order valence-electron chi connectivity index (χ0n) is 25.5. The second-order valence-corrected chi connectivity index (χ2v) is 13.2. The molecule has 4 rings (SSSR count). The number of carbonyl (C=O) groups excluding carboxylic acids is 3. The van der Waals surface area contributed by atoms with Gasteiger partial charge in [0.15, 0.2) is 11.4 Å². The van der Waals surface area contributed by atoms with Crippen molar-refractivity contribution < 1.29 is 23.5 Å². The van der Waals surface area contributed by atoms with Gasteiger partial charge in [-0.3, -0.25) is 9.59 Å². The zero-order chi connectivity index (χ0) is 31.7. The highest BCUT2D eigenvalue weighted by molar-refractivity contribution is 6.40. The number of hydrogen-bond donors (Lipinski definition) is 3. The van der Waals surface area contributed by atoms with Gasteiger partial charge in [-0.2, -0.15) is 0 Å². The Balaban J connectivity index is 2.01. The minimum atomic E-state index is -1.59. The van der Waals surface area contributed by atoms with Gasteiger partial charge in [-0.25, -0.2) is 14.2 Å². The third kappa shape index (κ3) is 6.39. The Morgan fingerprint density at radius 1 is 1.12 bits per heavy atom. The molecule has 0 saturated carbocycles. The van der Waals surface area contributed by atoms with Crippen molar-refractivity contribution in [2.45, 2.75) is 71.2 Å². The van der Waals surface area contributed by atoms with Crippen LogP contribution < -0.4 is 16.0 Å². The standard InChI is InChI=1S/C32H39ClFN5O4/c1-30(2,3)25(27(40)35-7)37-28(41)26-38-32(19-11-9-8-10-12-19,21-14-13-20(33)17-22(21)34)24-18-36-16-15-23(39(24)26)29(42)43-31(4,5)6/h8-14,17-18,23,25,36H,15-16H2,1-7H3,(H,35,40)(H,37,41). The lowest BCUT2D eigenvalue weighted by atomic mass is 9.80. The highest BCUT2D eigenvalue weighted by atomic mass is 35.5. The molecule has 2 aromatic rings. The molecule has 0 saturated heterocycles. The number of halogens is 2. The first-order valence-electron chi connectivity index (χ1n) is 14.2. The molecular weight excluding hydrogens is 573 g/mol. The summed E-state index contributed by atoms with van der Waals surface area (Å²) in [5, 5.41) is 8.85. The first-order valence-corrected chi connectivity index (χ1v) is 14.6. The van der Waals surface area contributed by atoms with Crippen molar-refractivity contribution in [1.82, 2.24) is 20.9 Å². The van der Waals surface area contributed by atoms with E-state index in [4.69, 9.17) is 21.3 Å². The van der Waals surface area contributed by atoms with Gasteiger partial charge in [0, 0.05) is 30.4 Å². The highest BCUT2D eigenvalue weighted by Crippen LogP contribution is 2.49. The van der Waals surface area contributed by atoms with Gasteiger partial charge in [0.05, 0.1) is 5.70 Å². The van der Waals surface area contributed by atoms with Crippen LogP contribution >= 0.6 is 11.6 Å². The average molecular weight is 612 g/mol. The van der Waals surface area contributed by atoms with Crippen LogP contribution in [0.15, 0.2) is 65.4 Å². The summed E-state index contributed by atoms with van der Waals surface area (Å²) in [6.07, 6.45) is 1.92. The van der Waals surface area contributed by atoms with Crippen molar-refractivity contribution in [1.29, 1.82) is 0 Å². The topological polar surface area (TPSA) is 112 Å². The van der Waals surface area contributed by atoms with E-state index in [0.717, 1.165) is 0 Å². The molecule has 230 valence electrons. The number of fused-ring (bicyclic) bond motifs is 1. The van der Waals surface area contributed by atoms with Crippen LogP contribution in [0.1, 0.15) is 59.1 Å². The van der Waals surface area contributed by atoms with Gasteiger partial charge in [-0.1, -0.05) is 68.8 Å². The van der Waals surface area contributed by atoms with Crippen LogP contribution in [0.5, 0.6) is 0 Å². The van der Waals surface area contributed by atoms with Crippen LogP contribution in [0.3, 0.4) is 0 Å². The number of likely N-dealkylation sites (N-methyl/N-ethyl adjacent to an activating group) is 1. The first kappa shape index (κ1) is 32.0. The quantitative estimate of drug-likeness (QED) is 0.421. The SMILES string of the molecule is CNC(=O)C(NC(=O)C1=NC(c2ccccc2)(c2ccc(Cl)cc2F)C2=CNCCC(C(=O)OC(C)(C)C)N21)C(C)(C)C. The van der Waals surface area contributed by atoms with Crippen molar-refractivity contribution in [2.24, 2.45) is 10.4 Å². The number of ether oxygens (including phenoxy) is 1. The van der Waals surface area contributed by atoms with Crippen LogP contribution in [0, 0.1) is 11.2 Å². The van der Waals surface area contributed by atoms with E-state index in [1.165, 1.54) is 24.1 Å². The Morgan fingerprint density at radius 2 is 1.79 bits per heavy atom. The molecule has 2 aromatic carbocycles. The minimum absolute atomic E-state index is 0.132. The number of hydrogen-bond acceptors (Lipinski definition) is 7. The van der Waals surface area contributed by atoms with Gasteiger partial charge < -0.3 is 25.6 Å². The number of esters is 1. The molecule has 2 amide bonds. The van der Waals surface area contributed by atoms with Gasteiger partial charge in [-0.15, -0.1) is 0 Å². The van der Waals surface area contributed by atoms with E-state index < -0.39 is 52.2 Å². The molecule has 0 aromatic heterocycles. The van der Waals surface area contributed by atoms with Crippen molar-refractivity contribution in [2.75, 3.05) is 13.6 Å². The maximum atomic E-state index is 16.0. The van der Waals surface area contributed by atoms with Crippen molar-refractivity contribution in [3.8, 4) is 0 Å². The predicted molar refractivity (Wildman–Crippen MR) is 164 cm³/mol. The molecule has 0 fully saturated rings. The fourth-order valence-electron chi connectivity index (χ4n) is 5.36. The first-order chi connectivity index (χ1) is 20.1. The molecule has 11 heteroatoms. The summed E-state index contributed by atoms with van der Waals surface area (Å²) in [7, 11) is 1.49. The molecule has 0 bridgehead atoms. The van der Waals surface area contributed by atoms with E-state index in [1.807, 2.05) is 26.8 Å². The maximum absolute atomic E-state index is 16.0. The molecule has 9 nitrogen and oxygen atoms in total. The fourth-order valence-corrected chi connectivity index (χ4v) is 5.52. The summed E-state index contributed by atoms with van der Waals surface area (Å²) in [5.74, 6) is -2.45. The number of carbonyl (C=O) groups is 3. The molecule has 0 aliphatic carbocycles. The summed E-state index contributed by atoms with van der Waals surface area (Å²) in [4.78, 5) is 47.4. The molecular formula is C32H39ClFN5O4. The molecule has 2 heterocycles. The number of amides is 2. The largest absolute Gasteiger partial charge is 0.458 e. The van der Waals surface area contributed by atoms with E-state index in [9.17, 15) is 14.4 Å². The Hall–Kier alpha value is -3.92. The van der Waals surface area contributed by atoms with E-state index in [2.05, 4.69) is 16.0 Å². The van der Waals surface area contributed by atoms with Gasteiger partial charge >= 0.3 is 5.97 Å². The second kappa shape index (κ2) is 12.0. The van der Waals surface area contributed by atoms with E-state index >= 15 is 4.39 Å². The second-order valence-electron chi connectivity index (χ2n) is 12.7. The van der Waals surface area contributed by atoms with E-state index in [1.54, 1.807) is 57.3 Å². The van der Waals surface area contributed by atoms with Crippen molar-refractivity contribution >= 4 is 35.2 Å². The Bertz CT molecular complexity index is 1460. The van der Waals surface area contributed by atoms with E-state index in [-0.39, 0.29) is 22.8 Å². The summed E-state index contributed by atoms with van der Waals surface area (Å²) in [6, 6.07) is 11.3. The summed E-state index contributed by atoms with van der Waals surface area (Å²) >= 11 is 6.15. The Morgan fingerprint density at radius 3 is 2.37 bits per heavy atom. The summed E-state index contributed by atoms with van der Waals surface area (Å²) in [5.41, 5.74) is -2.03. The van der Waals surface area contributed by atoms with Crippen molar-refractivity contribution in [3.63, 3.8) is 0 Å². The van der Waals surface area contributed by atoms with Crippen LogP contribution in [-0.2, 0) is 24.7 Å². The predicted octanol–water partition coefficient (Wildman–Crippen LogP) is 4.26. The summed E-state index contributed by atoms with van der Waals surface area (Å²) in [6.45, 7) is 11.1. The number of amidine groups is 1. The zero-order valence-corrected chi connectivity index (χ0v) is 26.3. The lowest BCUT2D eigenvalue weighted by Crippen LogP contribution is -2.57. The number of nitrogens with one attached hydrogen (secondary N) is 3. The third-order valence-corrected chi connectivity index (χ3v) is 7.52. The van der Waals surface area contributed by atoms with Gasteiger partial charge in [0.1, 0.15) is 23.5 Å². The van der Waals surface area contributed by atoms with Crippen LogP contribution in [0.2, 0.25) is 5.02 Å². The molecule has 0 radical (unpaired) electrons. The lowest BCUT2D eigenvalue weighted by Gasteiger charge is -2.36. The molecule has 3 N–H and O–H groups in total. The molecule has 3 atom stereocenters. The Labute approximate surface area is 256 Å². The van der Waals surface area contributed by atoms with Crippen LogP contribution in [0.25, 0.3) is 0 Å². The maximum Gasteiger partial charge on any atom is 0.329 e. The van der Waals surface area contributed by atoms with Gasteiger partial charge in [0.25, 0.3) is 5.91 Å². The number of benzene rings is 2. The highest BCUT2D eigenvalue weighted by Gasteiger charge is 2.54. The van der Waals surface area contributed by atoms with Crippen molar-refractivity contribution in [3.05, 3.63) is 82.4 Å². The van der Waals surface area contributed by atoms with Gasteiger partial charge in [0.2, 0.25) is 5.91 Å². The fraction of sp³-hybridized carbons (Fsp3) is 0.438. The molecule has 3 unspecified atom stereocenters. The average Bonchev–Trinajstić information content (AvgIpc) is 3.09. The Kier molecular flexibility index (Phi) is 8.92. The number of rotatable bonds is 6. The third-order valence-electron chi connectivity index (χ3n) is 7.29. The van der Waals surface area contributed by atoms with E-state index in [0.29, 0.717) is 17.8 Å².